The van der Waals surface area contributed by atoms with E-state index in [4.69, 9.17) is 0 Å². The highest BCUT2D eigenvalue weighted by atomic mass is 32.2. The highest BCUT2D eigenvalue weighted by Gasteiger charge is 1.96. The average Bonchev–Trinajstić information content (AvgIpc) is 2.42. The van der Waals surface area contributed by atoms with Crippen LogP contribution >= 0.6 is 11.8 Å². The molecule has 0 aliphatic rings. The second-order valence-corrected chi connectivity index (χ2v) is 4.95. The lowest BCUT2D eigenvalue weighted by atomic mass is 10.2. The Bertz CT molecular complexity index is 564. The maximum Gasteiger partial charge on any atom is 0.331 e. The second-order valence-electron chi connectivity index (χ2n) is 3.80. The molecule has 0 aliphatic heterocycles. The molecule has 0 N–H and O–H groups in total. The van der Waals surface area contributed by atoms with E-state index in [1.807, 2.05) is 42.5 Å². The van der Waals surface area contributed by atoms with Gasteiger partial charge >= 0.3 is 5.97 Å². The molecule has 19 heavy (non-hydrogen) atoms. The van der Waals surface area contributed by atoms with E-state index in [-0.39, 0.29) is 0 Å². The van der Waals surface area contributed by atoms with Gasteiger partial charge in [0.05, 0.1) is 6.21 Å². The first-order chi connectivity index (χ1) is 9.24. The van der Waals surface area contributed by atoms with Gasteiger partial charge < -0.3 is 4.84 Å². The fourth-order valence-electron chi connectivity index (χ4n) is 1.41. The summed E-state index contributed by atoms with van der Waals surface area (Å²) in [6.45, 7) is 1.32. The molecule has 96 valence electrons. The lowest BCUT2D eigenvalue weighted by Crippen LogP contribution is -1.91. The Hall–Kier alpha value is -2.07. The van der Waals surface area contributed by atoms with Gasteiger partial charge in [0.2, 0.25) is 0 Å². The van der Waals surface area contributed by atoms with Crippen molar-refractivity contribution in [3.05, 3.63) is 60.2 Å². The van der Waals surface area contributed by atoms with E-state index in [0.29, 0.717) is 0 Å². The average molecular weight is 271 g/mol. The molecule has 2 aromatic rings. The highest BCUT2D eigenvalue weighted by molar-refractivity contribution is 7.99. The van der Waals surface area contributed by atoms with Gasteiger partial charge in [-0.3, -0.25) is 0 Å². The van der Waals surface area contributed by atoms with Crippen molar-refractivity contribution in [1.29, 1.82) is 0 Å². The van der Waals surface area contributed by atoms with Gasteiger partial charge in [-0.2, -0.15) is 0 Å². The molecule has 0 amide bonds. The fraction of sp³-hybridized carbons (Fsp3) is 0.0667. The molecule has 0 radical (unpaired) electrons. The monoisotopic (exact) mass is 271 g/mol. The van der Waals surface area contributed by atoms with Crippen LogP contribution < -0.4 is 0 Å². The normalized spacial score (nSPS) is 10.6. The van der Waals surface area contributed by atoms with Crippen molar-refractivity contribution < 1.29 is 9.63 Å². The smallest absolute Gasteiger partial charge is 0.319 e. The number of carbonyl (C=O) groups is 1. The Morgan fingerprint density at radius 1 is 1.05 bits per heavy atom. The van der Waals surface area contributed by atoms with Gasteiger partial charge in [0.1, 0.15) is 0 Å². The SMILES string of the molecule is CC(=O)ON=Cc1ccc(Sc2ccccc2)cc1. The van der Waals surface area contributed by atoms with Gasteiger partial charge in [-0.15, -0.1) is 0 Å². The van der Waals surface area contributed by atoms with Crippen LogP contribution in [0.15, 0.2) is 69.5 Å². The molecule has 4 heteroatoms. The maximum atomic E-state index is 10.6. The first kappa shape index (κ1) is 13.4. The Balaban J connectivity index is 1.98. The third kappa shape index (κ3) is 4.60. The van der Waals surface area contributed by atoms with Crippen LogP contribution in [0.3, 0.4) is 0 Å². The Morgan fingerprint density at radius 3 is 2.32 bits per heavy atom. The summed E-state index contributed by atoms with van der Waals surface area (Å²) in [4.78, 5) is 17.4. The number of oxime groups is 1. The largest absolute Gasteiger partial charge is 0.331 e. The van der Waals surface area contributed by atoms with Crippen molar-refractivity contribution in [2.75, 3.05) is 0 Å². The van der Waals surface area contributed by atoms with Crippen LogP contribution in [0.2, 0.25) is 0 Å². The lowest BCUT2D eigenvalue weighted by Gasteiger charge is -2.01. The van der Waals surface area contributed by atoms with E-state index < -0.39 is 5.97 Å². The molecule has 0 bridgehead atoms. The summed E-state index contributed by atoms with van der Waals surface area (Å²) in [5.74, 6) is -0.424. The molecule has 2 rings (SSSR count). The van der Waals surface area contributed by atoms with Crippen molar-refractivity contribution in [3.8, 4) is 0 Å². The third-order valence-corrected chi connectivity index (χ3v) is 3.26. The van der Waals surface area contributed by atoms with Crippen LogP contribution in [0.1, 0.15) is 12.5 Å². The molecule has 0 fully saturated rings. The molecule has 0 spiro atoms. The van der Waals surface area contributed by atoms with E-state index in [2.05, 4.69) is 22.1 Å². The number of hydrogen-bond acceptors (Lipinski definition) is 4. The minimum atomic E-state index is -0.424. The summed E-state index contributed by atoms with van der Waals surface area (Å²) < 4.78 is 0. The lowest BCUT2D eigenvalue weighted by molar-refractivity contribution is -0.140. The Labute approximate surface area is 116 Å². The number of nitrogens with zero attached hydrogens (tertiary/aromatic N) is 1. The Kier molecular flexibility index (Phi) is 4.75. The molecular weight excluding hydrogens is 258 g/mol. The van der Waals surface area contributed by atoms with E-state index >= 15 is 0 Å². The summed E-state index contributed by atoms with van der Waals surface area (Å²) in [7, 11) is 0. The molecule has 0 saturated carbocycles. The zero-order valence-electron chi connectivity index (χ0n) is 10.4. The summed E-state index contributed by atoms with van der Waals surface area (Å²) in [5, 5.41) is 3.57. The van der Waals surface area contributed by atoms with Crippen molar-refractivity contribution in [2.45, 2.75) is 16.7 Å². The molecule has 0 heterocycles. The van der Waals surface area contributed by atoms with Crippen LogP contribution in [0.5, 0.6) is 0 Å². The van der Waals surface area contributed by atoms with Gasteiger partial charge in [0.25, 0.3) is 0 Å². The van der Waals surface area contributed by atoms with E-state index in [1.165, 1.54) is 18.0 Å². The number of hydrogen-bond donors (Lipinski definition) is 0. The topological polar surface area (TPSA) is 38.7 Å². The third-order valence-electron chi connectivity index (χ3n) is 2.24. The molecule has 0 unspecified atom stereocenters. The van der Waals surface area contributed by atoms with E-state index in [1.54, 1.807) is 11.8 Å². The van der Waals surface area contributed by atoms with Gasteiger partial charge in [-0.25, -0.2) is 4.79 Å². The highest BCUT2D eigenvalue weighted by Crippen LogP contribution is 2.27. The van der Waals surface area contributed by atoms with Crippen molar-refractivity contribution in [2.24, 2.45) is 5.16 Å². The predicted octanol–water partition coefficient (Wildman–Crippen LogP) is 3.73. The zero-order chi connectivity index (χ0) is 13.5. The van der Waals surface area contributed by atoms with Gasteiger partial charge in [0, 0.05) is 16.7 Å². The van der Waals surface area contributed by atoms with Crippen LogP contribution in [0, 0.1) is 0 Å². The molecule has 0 aliphatic carbocycles. The first-order valence-corrected chi connectivity index (χ1v) is 6.59. The van der Waals surface area contributed by atoms with Crippen molar-refractivity contribution in [1.82, 2.24) is 0 Å². The summed E-state index contributed by atoms with van der Waals surface area (Å²) in [5.41, 5.74) is 0.888. The van der Waals surface area contributed by atoms with Crippen molar-refractivity contribution in [3.63, 3.8) is 0 Å². The fourth-order valence-corrected chi connectivity index (χ4v) is 2.25. The van der Waals surface area contributed by atoms with Crippen LogP contribution in [-0.4, -0.2) is 12.2 Å². The predicted molar refractivity (Wildman–Crippen MR) is 76.4 cm³/mol. The minimum Gasteiger partial charge on any atom is -0.319 e. The van der Waals surface area contributed by atoms with Crippen LogP contribution in [0.4, 0.5) is 0 Å². The van der Waals surface area contributed by atoms with Gasteiger partial charge in [-0.05, 0) is 29.8 Å². The maximum absolute atomic E-state index is 10.6. The molecule has 0 atom stereocenters. The number of rotatable bonds is 4. The Morgan fingerprint density at radius 2 is 1.68 bits per heavy atom. The summed E-state index contributed by atoms with van der Waals surface area (Å²) >= 11 is 1.70. The van der Waals surface area contributed by atoms with Crippen LogP contribution in [0.25, 0.3) is 0 Å². The minimum absolute atomic E-state index is 0.424. The number of benzene rings is 2. The molecule has 2 aromatic carbocycles. The first-order valence-electron chi connectivity index (χ1n) is 5.78. The molecule has 0 saturated heterocycles. The molecular formula is C15H13NO2S. The van der Waals surface area contributed by atoms with Gasteiger partial charge in [0.15, 0.2) is 0 Å². The standard InChI is InChI=1S/C15H13NO2S/c1-12(17)18-16-11-13-7-9-15(10-8-13)19-14-5-3-2-4-6-14/h2-11H,1H3. The van der Waals surface area contributed by atoms with Gasteiger partial charge in [-0.1, -0.05) is 47.2 Å². The van der Waals surface area contributed by atoms with Crippen LogP contribution in [-0.2, 0) is 9.63 Å². The number of carbonyl (C=O) groups excluding carboxylic acids is 1. The van der Waals surface area contributed by atoms with E-state index in [9.17, 15) is 4.79 Å². The molecule has 3 nitrogen and oxygen atoms in total. The molecule has 0 aromatic heterocycles. The summed E-state index contributed by atoms with van der Waals surface area (Å²) in [6, 6.07) is 18.0. The van der Waals surface area contributed by atoms with E-state index in [0.717, 1.165) is 10.5 Å². The quantitative estimate of drug-likeness (QED) is 0.483. The second kappa shape index (κ2) is 6.75. The summed E-state index contributed by atoms with van der Waals surface area (Å²) in [6.07, 6.45) is 1.51. The zero-order valence-corrected chi connectivity index (χ0v) is 11.3. The van der Waals surface area contributed by atoms with Crippen molar-refractivity contribution >= 4 is 23.9 Å².